The number of ether oxygens (including phenoxy) is 4. The highest BCUT2D eigenvalue weighted by Gasteiger charge is 2.71. The Morgan fingerprint density at radius 1 is 1.14 bits per heavy atom. The average molecular weight is 617 g/mol. The standard InChI is InChI=1S/C34H48O10/c1-8-10-11-12-13-14-15-16-30(38)42-25-18-26-31(40-23(5)35)43-32(41-24(6)36)34(26)28(19-25)33(7,22(4)17-29(34)37)20-27(44-39)21(3)9-2/h9,13-16,18,22,25,27-29,31-32,37,39H,2-3,8,10-12,17,19-20H2,1,4-7H3/b14-13+,16-15?/t22-,25+,27-,28+,29-,31+,32-,33-,34-/m1/s1. The normalized spacial score (nSPS) is 33.7. The van der Waals surface area contributed by atoms with Gasteiger partial charge in [-0.1, -0.05) is 71.1 Å². The molecule has 0 bridgehead atoms. The third-order valence-corrected chi connectivity index (χ3v) is 9.55. The van der Waals surface area contributed by atoms with Crippen molar-refractivity contribution in [3.05, 3.63) is 60.8 Å². The summed E-state index contributed by atoms with van der Waals surface area (Å²) in [6.45, 7) is 16.3. The van der Waals surface area contributed by atoms with E-state index in [2.05, 4.69) is 20.1 Å². The van der Waals surface area contributed by atoms with E-state index in [0.29, 0.717) is 11.1 Å². The Kier molecular flexibility index (Phi) is 12.3. The van der Waals surface area contributed by atoms with Gasteiger partial charge in [0, 0.05) is 25.5 Å². The van der Waals surface area contributed by atoms with Crippen LogP contribution in [-0.4, -0.2) is 59.2 Å². The molecule has 0 aromatic heterocycles. The fourth-order valence-electron chi connectivity index (χ4n) is 7.18. The predicted molar refractivity (Wildman–Crippen MR) is 162 cm³/mol. The van der Waals surface area contributed by atoms with Crippen LogP contribution in [0.25, 0.3) is 0 Å². The van der Waals surface area contributed by atoms with Gasteiger partial charge in [0.05, 0.1) is 11.5 Å². The molecular formula is C34H48O10. The van der Waals surface area contributed by atoms with Gasteiger partial charge in [0.15, 0.2) is 0 Å². The first-order chi connectivity index (χ1) is 20.8. The molecular weight excluding hydrogens is 568 g/mol. The number of aliphatic hydroxyl groups excluding tert-OH is 1. The Balaban J connectivity index is 2.08. The minimum atomic E-state index is -1.34. The van der Waals surface area contributed by atoms with Gasteiger partial charge in [-0.2, -0.15) is 0 Å². The Hall–Kier alpha value is -3.05. The number of unbranched alkanes of at least 4 members (excludes halogenated alkanes) is 3. The second kappa shape index (κ2) is 15.3. The van der Waals surface area contributed by atoms with Crippen LogP contribution in [0, 0.1) is 22.7 Å². The Morgan fingerprint density at radius 2 is 1.84 bits per heavy atom. The molecule has 2 aliphatic carbocycles. The van der Waals surface area contributed by atoms with Crippen LogP contribution in [0.3, 0.4) is 0 Å². The van der Waals surface area contributed by atoms with E-state index in [1.807, 2.05) is 26.0 Å². The lowest BCUT2D eigenvalue weighted by Crippen LogP contribution is -2.63. The van der Waals surface area contributed by atoms with E-state index >= 15 is 0 Å². The molecule has 244 valence electrons. The Morgan fingerprint density at radius 3 is 2.45 bits per heavy atom. The summed E-state index contributed by atoms with van der Waals surface area (Å²) in [6, 6.07) is 0. The van der Waals surface area contributed by atoms with Gasteiger partial charge in [-0.15, -0.1) is 0 Å². The smallest absolute Gasteiger partial charge is 0.331 e. The quantitative estimate of drug-likeness (QED) is 0.0364. The molecule has 0 amide bonds. The van der Waals surface area contributed by atoms with Gasteiger partial charge in [-0.05, 0) is 61.0 Å². The van der Waals surface area contributed by atoms with Crippen LogP contribution < -0.4 is 0 Å². The molecule has 3 rings (SSSR count). The van der Waals surface area contributed by atoms with Crippen molar-refractivity contribution >= 4 is 17.9 Å². The van der Waals surface area contributed by atoms with Gasteiger partial charge >= 0.3 is 17.9 Å². The summed E-state index contributed by atoms with van der Waals surface area (Å²) in [6.07, 6.45) is 9.66. The lowest BCUT2D eigenvalue weighted by Gasteiger charge is -2.60. The highest BCUT2D eigenvalue weighted by molar-refractivity contribution is 5.82. The fraction of sp³-hybridized carbons (Fsp3) is 0.618. The summed E-state index contributed by atoms with van der Waals surface area (Å²) < 4.78 is 23.2. The van der Waals surface area contributed by atoms with Crippen molar-refractivity contribution in [2.45, 2.75) is 110 Å². The molecule has 0 radical (unpaired) electrons. The molecule has 3 aliphatic rings. The number of rotatable bonds is 14. The van der Waals surface area contributed by atoms with Crippen molar-refractivity contribution in [1.82, 2.24) is 0 Å². The minimum Gasteiger partial charge on any atom is -0.455 e. The van der Waals surface area contributed by atoms with E-state index in [-0.39, 0.29) is 25.2 Å². The van der Waals surface area contributed by atoms with Crippen LogP contribution >= 0.6 is 0 Å². The van der Waals surface area contributed by atoms with Crippen molar-refractivity contribution in [2.75, 3.05) is 0 Å². The van der Waals surface area contributed by atoms with Crippen molar-refractivity contribution in [1.29, 1.82) is 0 Å². The molecule has 44 heavy (non-hydrogen) atoms. The molecule has 1 saturated carbocycles. The first-order valence-corrected chi connectivity index (χ1v) is 15.4. The molecule has 0 aromatic rings. The van der Waals surface area contributed by atoms with E-state index in [4.69, 9.17) is 23.8 Å². The third-order valence-electron chi connectivity index (χ3n) is 9.55. The Bertz CT molecular complexity index is 1170. The van der Waals surface area contributed by atoms with Crippen molar-refractivity contribution in [2.24, 2.45) is 22.7 Å². The molecule has 10 nitrogen and oxygen atoms in total. The molecule has 0 aromatic carbocycles. The van der Waals surface area contributed by atoms with Crippen molar-refractivity contribution in [3.63, 3.8) is 0 Å². The van der Waals surface area contributed by atoms with Gasteiger partial charge in [-0.25, -0.2) is 9.68 Å². The number of hydrogen-bond acceptors (Lipinski definition) is 10. The van der Waals surface area contributed by atoms with Crippen LogP contribution in [0.4, 0.5) is 0 Å². The topological polar surface area (TPSA) is 138 Å². The summed E-state index contributed by atoms with van der Waals surface area (Å²) >= 11 is 0. The summed E-state index contributed by atoms with van der Waals surface area (Å²) in [7, 11) is 0. The van der Waals surface area contributed by atoms with E-state index < -0.39 is 65.5 Å². The van der Waals surface area contributed by atoms with E-state index in [9.17, 15) is 24.7 Å². The highest BCUT2D eigenvalue weighted by Crippen LogP contribution is 2.67. The van der Waals surface area contributed by atoms with E-state index in [1.54, 1.807) is 12.2 Å². The van der Waals surface area contributed by atoms with Crippen molar-refractivity contribution in [3.8, 4) is 0 Å². The van der Waals surface area contributed by atoms with Gasteiger partial charge < -0.3 is 19.3 Å². The Labute approximate surface area is 260 Å². The first-order valence-electron chi connectivity index (χ1n) is 15.4. The zero-order valence-corrected chi connectivity index (χ0v) is 26.5. The summed E-state index contributed by atoms with van der Waals surface area (Å²) in [5.74, 6) is -2.57. The lowest BCUT2D eigenvalue weighted by molar-refractivity contribution is -0.287. The molecule has 1 saturated heterocycles. The number of esters is 3. The number of carbonyl (C=O) groups is 3. The third kappa shape index (κ3) is 7.42. The second-order valence-electron chi connectivity index (χ2n) is 12.4. The van der Waals surface area contributed by atoms with Crippen LogP contribution in [0.15, 0.2) is 60.8 Å². The molecule has 2 fully saturated rings. The minimum absolute atomic E-state index is 0.150. The monoisotopic (exact) mass is 616 g/mol. The maximum Gasteiger partial charge on any atom is 0.331 e. The van der Waals surface area contributed by atoms with Gasteiger partial charge in [0.1, 0.15) is 12.2 Å². The molecule has 9 atom stereocenters. The van der Waals surface area contributed by atoms with Crippen LogP contribution in [0.1, 0.15) is 79.6 Å². The summed E-state index contributed by atoms with van der Waals surface area (Å²) in [5, 5.41) is 21.7. The van der Waals surface area contributed by atoms with Gasteiger partial charge in [0.25, 0.3) is 0 Å². The number of hydrogen-bond donors (Lipinski definition) is 2. The van der Waals surface area contributed by atoms with Gasteiger partial charge in [-0.3, -0.25) is 19.6 Å². The number of aliphatic hydroxyl groups is 1. The zero-order valence-electron chi connectivity index (χ0n) is 26.5. The second-order valence-corrected chi connectivity index (χ2v) is 12.4. The lowest BCUT2D eigenvalue weighted by atomic mass is 9.44. The van der Waals surface area contributed by atoms with E-state index in [1.165, 1.54) is 26.0 Å². The molecule has 10 heteroatoms. The largest absolute Gasteiger partial charge is 0.455 e. The maximum atomic E-state index is 12.9. The molecule has 1 heterocycles. The molecule has 1 spiro atoms. The fourth-order valence-corrected chi connectivity index (χ4v) is 7.18. The summed E-state index contributed by atoms with van der Waals surface area (Å²) in [4.78, 5) is 42.2. The zero-order chi connectivity index (χ0) is 32.7. The van der Waals surface area contributed by atoms with Crippen LogP contribution in [0.2, 0.25) is 0 Å². The van der Waals surface area contributed by atoms with Crippen LogP contribution in [0.5, 0.6) is 0 Å². The predicted octanol–water partition coefficient (Wildman–Crippen LogP) is 5.73. The first kappa shape index (κ1) is 35.4. The SMILES string of the molecule is C=CC(=C)[C@@H](C[C@]1(C)[C@H](C)C[C@@H](O)[C@@]23C(=C[C@H](OC(=O)C=C/C=C/CCCCC)C[C@@H]12)[C@@H](OC(C)=O)O[C@H]3OC(C)=O)OO. The van der Waals surface area contributed by atoms with E-state index in [0.717, 1.165) is 25.7 Å². The number of carbonyl (C=O) groups excluding carboxylic acids is 3. The average Bonchev–Trinajstić information content (AvgIpc) is 3.25. The number of allylic oxidation sites excluding steroid dienone is 3. The van der Waals surface area contributed by atoms with Crippen LogP contribution in [-0.2, 0) is 38.2 Å². The van der Waals surface area contributed by atoms with Crippen molar-refractivity contribution < 1.29 is 48.6 Å². The molecule has 2 N–H and O–H groups in total. The maximum absolute atomic E-state index is 12.9. The molecule has 1 aliphatic heterocycles. The molecule has 0 unspecified atom stereocenters. The highest BCUT2D eigenvalue weighted by atomic mass is 17.1. The summed E-state index contributed by atoms with van der Waals surface area (Å²) in [5.41, 5.74) is -1.25. The van der Waals surface area contributed by atoms with Gasteiger partial charge in [0.2, 0.25) is 12.6 Å².